The van der Waals surface area contributed by atoms with Gasteiger partial charge in [-0.3, -0.25) is 14.5 Å². The van der Waals surface area contributed by atoms with Crippen LogP contribution < -0.4 is 14.8 Å². The van der Waals surface area contributed by atoms with Gasteiger partial charge < -0.3 is 15.2 Å². The summed E-state index contributed by atoms with van der Waals surface area (Å²) in [5.74, 6) is -1.58. The third-order valence-electron chi connectivity index (χ3n) is 5.13. The quantitative estimate of drug-likeness (QED) is 0.334. The predicted octanol–water partition coefficient (Wildman–Crippen LogP) is 4.47. The van der Waals surface area contributed by atoms with E-state index in [0.29, 0.717) is 10.8 Å². The summed E-state index contributed by atoms with van der Waals surface area (Å²) in [5.41, 5.74) is 0.212. The minimum absolute atomic E-state index is 0.0727. The zero-order valence-electron chi connectivity index (χ0n) is 18.2. The van der Waals surface area contributed by atoms with Gasteiger partial charge in [-0.25, -0.2) is 12.8 Å². The number of benzene rings is 3. The summed E-state index contributed by atoms with van der Waals surface area (Å²) in [6, 6.07) is 14.6. The Labute approximate surface area is 205 Å². The Hall–Kier alpha value is -3.89. The van der Waals surface area contributed by atoms with Crippen molar-refractivity contribution in [3.05, 3.63) is 88.8 Å². The van der Waals surface area contributed by atoms with Gasteiger partial charge in [-0.1, -0.05) is 23.7 Å². The van der Waals surface area contributed by atoms with Crippen LogP contribution in [-0.2, 0) is 16.6 Å². The van der Waals surface area contributed by atoms with E-state index in [1.165, 1.54) is 37.4 Å². The average Bonchev–Trinajstić information content (AvgIpc) is 2.84. The highest BCUT2D eigenvalue weighted by Crippen LogP contribution is 2.32. The SMILES string of the molecule is COc1ccc(S(=O)(=O)Nc2cc(F)c3ncc(C(=O)NCc4ccc(Cl)cc4)c(O)c3c2)cc1. The zero-order valence-corrected chi connectivity index (χ0v) is 19.8. The maximum absolute atomic E-state index is 14.7. The molecule has 0 aliphatic heterocycles. The first-order valence-corrected chi connectivity index (χ1v) is 12.0. The molecule has 0 aliphatic rings. The van der Waals surface area contributed by atoms with Crippen LogP contribution in [0.25, 0.3) is 10.9 Å². The van der Waals surface area contributed by atoms with Crippen LogP contribution in [0.4, 0.5) is 10.1 Å². The maximum atomic E-state index is 14.7. The fourth-order valence-corrected chi connectivity index (χ4v) is 4.49. The molecule has 180 valence electrons. The van der Waals surface area contributed by atoms with Crippen molar-refractivity contribution in [2.24, 2.45) is 0 Å². The smallest absolute Gasteiger partial charge is 0.261 e. The Morgan fingerprint density at radius 2 is 1.80 bits per heavy atom. The number of nitrogens with one attached hydrogen (secondary N) is 2. The number of pyridine rings is 1. The van der Waals surface area contributed by atoms with E-state index in [-0.39, 0.29) is 33.6 Å². The normalized spacial score (nSPS) is 11.3. The molecule has 0 bridgehead atoms. The van der Waals surface area contributed by atoms with Crippen LogP contribution in [0.3, 0.4) is 0 Å². The Balaban J connectivity index is 1.61. The number of ether oxygens (including phenoxy) is 1. The number of carbonyl (C=O) groups is 1. The van der Waals surface area contributed by atoms with Crippen LogP contribution in [0.15, 0.2) is 71.8 Å². The van der Waals surface area contributed by atoms with E-state index >= 15 is 0 Å². The molecule has 3 N–H and O–H groups in total. The van der Waals surface area contributed by atoms with Crippen LogP contribution in [0, 0.1) is 5.82 Å². The number of anilines is 1. The van der Waals surface area contributed by atoms with Gasteiger partial charge in [0, 0.05) is 29.2 Å². The van der Waals surface area contributed by atoms with Crippen LogP contribution in [0.5, 0.6) is 11.5 Å². The van der Waals surface area contributed by atoms with Gasteiger partial charge in [0.25, 0.3) is 15.9 Å². The van der Waals surface area contributed by atoms with Crippen molar-refractivity contribution in [2.45, 2.75) is 11.4 Å². The minimum atomic E-state index is -4.07. The zero-order chi connectivity index (χ0) is 25.2. The summed E-state index contributed by atoms with van der Waals surface area (Å²) < 4.78 is 47.4. The number of nitrogens with zero attached hydrogens (tertiary/aromatic N) is 1. The Morgan fingerprint density at radius 3 is 2.46 bits per heavy atom. The first kappa shape index (κ1) is 24.2. The molecule has 0 saturated carbocycles. The first-order chi connectivity index (χ1) is 16.7. The fourth-order valence-electron chi connectivity index (χ4n) is 3.32. The second-order valence-corrected chi connectivity index (χ2v) is 9.58. The van der Waals surface area contributed by atoms with Crippen LogP contribution >= 0.6 is 11.6 Å². The molecule has 8 nitrogen and oxygen atoms in total. The summed E-state index contributed by atoms with van der Waals surface area (Å²) in [7, 11) is -2.62. The molecule has 0 atom stereocenters. The highest BCUT2D eigenvalue weighted by atomic mass is 35.5. The molecule has 0 spiro atoms. The summed E-state index contributed by atoms with van der Waals surface area (Å²) >= 11 is 5.85. The summed E-state index contributed by atoms with van der Waals surface area (Å²) in [6.45, 7) is 0.156. The number of hydrogen-bond donors (Lipinski definition) is 3. The number of aromatic hydroxyl groups is 1. The molecule has 0 saturated heterocycles. The van der Waals surface area contributed by atoms with Gasteiger partial charge in [0.1, 0.15) is 22.6 Å². The molecule has 1 aromatic heterocycles. The number of carbonyl (C=O) groups excluding carboxylic acids is 1. The molecule has 3 aromatic carbocycles. The third kappa shape index (κ3) is 5.28. The van der Waals surface area contributed by atoms with Crippen molar-refractivity contribution in [1.29, 1.82) is 0 Å². The molecule has 1 amide bonds. The summed E-state index contributed by atoms with van der Waals surface area (Å²) in [4.78, 5) is 16.5. The van der Waals surface area contributed by atoms with Gasteiger partial charge >= 0.3 is 0 Å². The van der Waals surface area contributed by atoms with Crippen molar-refractivity contribution >= 4 is 44.1 Å². The van der Waals surface area contributed by atoms with Gasteiger partial charge in [0.2, 0.25) is 0 Å². The number of aromatic nitrogens is 1. The molecule has 11 heteroatoms. The lowest BCUT2D eigenvalue weighted by atomic mass is 10.1. The lowest BCUT2D eigenvalue weighted by Gasteiger charge is -2.12. The minimum Gasteiger partial charge on any atom is -0.506 e. The predicted molar refractivity (Wildman–Crippen MR) is 130 cm³/mol. The van der Waals surface area contributed by atoms with Crippen molar-refractivity contribution in [2.75, 3.05) is 11.8 Å². The van der Waals surface area contributed by atoms with E-state index in [1.807, 2.05) is 0 Å². The molecule has 0 aliphatic carbocycles. The summed E-state index contributed by atoms with van der Waals surface area (Å²) in [6.07, 6.45) is 1.05. The van der Waals surface area contributed by atoms with Gasteiger partial charge in [0.15, 0.2) is 5.82 Å². The lowest BCUT2D eigenvalue weighted by molar-refractivity contribution is 0.0948. The standard InChI is InChI=1S/C24H19ClFN3O5S/c1-34-17-6-8-18(9-7-17)35(32,33)29-16-10-19-22(21(26)11-16)27-13-20(23(19)30)24(31)28-12-14-2-4-15(25)5-3-14/h2-11,13,29H,12H2,1H3,(H,27,30)(H,28,31). The van der Waals surface area contributed by atoms with Crippen molar-refractivity contribution in [3.63, 3.8) is 0 Å². The highest BCUT2D eigenvalue weighted by molar-refractivity contribution is 7.92. The van der Waals surface area contributed by atoms with Gasteiger partial charge in [-0.05, 0) is 48.0 Å². The number of fused-ring (bicyclic) bond motifs is 1. The van der Waals surface area contributed by atoms with Crippen LogP contribution in [0.2, 0.25) is 5.02 Å². The van der Waals surface area contributed by atoms with E-state index in [9.17, 15) is 22.7 Å². The first-order valence-electron chi connectivity index (χ1n) is 10.2. The molecule has 4 aromatic rings. The number of hydrogen-bond acceptors (Lipinski definition) is 6. The van der Waals surface area contributed by atoms with E-state index in [0.717, 1.165) is 17.8 Å². The monoisotopic (exact) mass is 515 g/mol. The van der Waals surface area contributed by atoms with E-state index in [4.69, 9.17) is 16.3 Å². The number of amides is 1. The second-order valence-electron chi connectivity index (χ2n) is 7.46. The van der Waals surface area contributed by atoms with Crippen LogP contribution in [-0.4, -0.2) is 31.5 Å². The average molecular weight is 516 g/mol. The number of sulfonamides is 1. The van der Waals surface area contributed by atoms with Gasteiger partial charge in [-0.15, -0.1) is 0 Å². The molecule has 0 radical (unpaired) electrons. The highest BCUT2D eigenvalue weighted by Gasteiger charge is 2.20. The Kier molecular flexibility index (Phi) is 6.77. The number of rotatable bonds is 7. The third-order valence-corrected chi connectivity index (χ3v) is 6.78. The van der Waals surface area contributed by atoms with Gasteiger partial charge in [-0.2, -0.15) is 0 Å². The number of halogens is 2. The molecular formula is C24H19ClFN3O5S. The fraction of sp³-hybridized carbons (Fsp3) is 0.0833. The largest absolute Gasteiger partial charge is 0.506 e. The molecule has 1 heterocycles. The summed E-state index contributed by atoms with van der Waals surface area (Å²) in [5, 5.41) is 13.8. The van der Waals surface area contributed by atoms with Crippen molar-refractivity contribution in [3.8, 4) is 11.5 Å². The molecule has 4 rings (SSSR count). The molecule has 0 unspecified atom stereocenters. The Bertz CT molecular complexity index is 1510. The molecule has 0 fully saturated rings. The molecule has 35 heavy (non-hydrogen) atoms. The maximum Gasteiger partial charge on any atom is 0.261 e. The Morgan fingerprint density at radius 1 is 1.11 bits per heavy atom. The van der Waals surface area contributed by atoms with E-state index in [2.05, 4.69) is 15.0 Å². The van der Waals surface area contributed by atoms with Crippen LogP contribution in [0.1, 0.15) is 15.9 Å². The lowest BCUT2D eigenvalue weighted by Crippen LogP contribution is -2.23. The van der Waals surface area contributed by atoms with E-state index < -0.39 is 27.5 Å². The molecular weight excluding hydrogens is 497 g/mol. The van der Waals surface area contributed by atoms with E-state index in [1.54, 1.807) is 24.3 Å². The topological polar surface area (TPSA) is 118 Å². The van der Waals surface area contributed by atoms with Gasteiger partial charge in [0.05, 0.1) is 17.7 Å². The number of methoxy groups -OCH3 is 1. The van der Waals surface area contributed by atoms with Crippen molar-refractivity contribution in [1.82, 2.24) is 10.3 Å². The van der Waals surface area contributed by atoms with Crippen molar-refractivity contribution < 1.29 is 27.4 Å². The second kappa shape index (κ2) is 9.77.